The summed E-state index contributed by atoms with van der Waals surface area (Å²) in [4.78, 5) is 24.3. The average molecular weight is 297 g/mol. The van der Waals surface area contributed by atoms with Crippen LogP contribution >= 0.6 is 11.6 Å². The number of likely N-dealkylation sites (tertiary alicyclic amines) is 1. The summed E-state index contributed by atoms with van der Waals surface area (Å²) in [6.07, 6.45) is 1.62. The zero-order chi connectivity index (χ0) is 14.5. The summed E-state index contributed by atoms with van der Waals surface area (Å²) in [6.45, 7) is 1.25. The van der Waals surface area contributed by atoms with Gasteiger partial charge in [-0.15, -0.1) is 0 Å². The van der Waals surface area contributed by atoms with Crippen LogP contribution in [0.5, 0.6) is 0 Å². The van der Waals surface area contributed by atoms with Gasteiger partial charge in [-0.2, -0.15) is 0 Å². The second kappa shape index (κ2) is 6.61. The monoisotopic (exact) mass is 296 g/mol. The fraction of sp³-hybridized carbons (Fsp3) is 0.429. The zero-order valence-electron chi connectivity index (χ0n) is 11.0. The third kappa shape index (κ3) is 3.87. The number of nitrogens with zero attached hydrogens (tertiary/aromatic N) is 1. The lowest BCUT2D eigenvalue weighted by molar-refractivity contribution is -0.137. The molecule has 0 saturated carbocycles. The first kappa shape index (κ1) is 14.7. The molecular weight excluding hydrogens is 280 g/mol. The second-order valence-electron chi connectivity index (χ2n) is 4.94. The van der Waals surface area contributed by atoms with Crippen LogP contribution in [0, 0.1) is 5.92 Å². The summed E-state index contributed by atoms with van der Waals surface area (Å²) in [5.74, 6) is -0.521. The van der Waals surface area contributed by atoms with Crippen LogP contribution in [-0.4, -0.2) is 35.1 Å². The highest BCUT2D eigenvalue weighted by Crippen LogP contribution is 2.24. The van der Waals surface area contributed by atoms with Gasteiger partial charge in [-0.05, 0) is 30.9 Å². The zero-order valence-corrected chi connectivity index (χ0v) is 11.8. The molecule has 1 atom stereocenters. The number of rotatable bonds is 4. The van der Waals surface area contributed by atoms with Crippen LogP contribution in [0.15, 0.2) is 24.3 Å². The lowest BCUT2D eigenvalue weighted by Gasteiger charge is -2.17. The maximum Gasteiger partial charge on any atom is 0.321 e. The Morgan fingerprint density at radius 1 is 1.40 bits per heavy atom. The number of carboxylic acid groups (broad SMARTS) is 1. The maximum atomic E-state index is 12.1. The van der Waals surface area contributed by atoms with Crippen LogP contribution in [-0.2, 0) is 4.79 Å². The van der Waals surface area contributed by atoms with Gasteiger partial charge in [-0.25, -0.2) is 4.79 Å². The number of nitrogens with one attached hydrogen (secondary N) is 1. The number of carbonyl (C=O) groups excluding carboxylic acids is 1. The van der Waals surface area contributed by atoms with E-state index in [2.05, 4.69) is 5.32 Å². The SMILES string of the molecule is O=C(O)CCC1CCN(C(=O)Nc2ccccc2Cl)C1. The van der Waals surface area contributed by atoms with Gasteiger partial charge in [0.25, 0.3) is 0 Å². The molecule has 1 aromatic carbocycles. The number of halogens is 1. The van der Waals surface area contributed by atoms with E-state index in [-0.39, 0.29) is 18.4 Å². The number of urea groups is 1. The minimum Gasteiger partial charge on any atom is -0.481 e. The lowest BCUT2D eigenvalue weighted by Crippen LogP contribution is -2.33. The first-order chi connectivity index (χ1) is 9.56. The molecule has 2 amide bonds. The molecule has 108 valence electrons. The van der Waals surface area contributed by atoms with E-state index in [1.165, 1.54) is 0 Å². The van der Waals surface area contributed by atoms with Gasteiger partial charge in [0, 0.05) is 19.5 Å². The van der Waals surface area contributed by atoms with Crippen molar-refractivity contribution >= 4 is 29.3 Å². The highest BCUT2D eigenvalue weighted by molar-refractivity contribution is 6.33. The summed E-state index contributed by atoms with van der Waals surface area (Å²) in [5, 5.41) is 11.9. The van der Waals surface area contributed by atoms with Gasteiger partial charge >= 0.3 is 12.0 Å². The summed E-state index contributed by atoms with van der Waals surface area (Å²) in [5.41, 5.74) is 0.591. The van der Waals surface area contributed by atoms with E-state index < -0.39 is 5.97 Å². The molecule has 5 nitrogen and oxygen atoms in total. The quantitative estimate of drug-likeness (QED) is 0.897. The van der Waals surface area contributed by atoms with E-state index in [1.807, 2.05) is 0 Å². The number of amides is 2. The number of hydrogen-bond acceptors (Lipinski definition) is 2. The Kier molecular flexibility index (Phi) is 4.84. The molecule has 20 heavy (non-hydrogen) atoms. The molecular formula is C14H17ClN2O3. The summed E-state index contributed by atoms with van der Waals surface area (Å²) < 4.78 is 0. The van der Waals surface area contributed by atoms with Crippen molar-refractivity contribution in [2.24, 2.45) is 5.92 Å². The first-order valence-electron chi connectivity index (χ1n) is 6.58. The fourth-order valence-corrected chi connectivity index (χ4v) is 2.52. The van der Waals surface area contributed by atoms with Crippen LogP contribution < -0.4 is 5.32 Å². The number of anilines is 1. The van der Waals surface area contributed by atoms with Crippen molar-refractivity contribution in [3.63, 3.8) is 0 Å². The van der Waals surface area contributed by atoms with E-state index >= 15 is 0 Å². The van der Waals surface area contributed by atoms with Gasteiger partial charge < -0.3 is 15.3 Å². The molecule has 1 aromatic rings. The van der Waals surface area contributed by atoms with Crippen LogP contribution in [0.25, 0.3) is 0 Å². The van der Waals surface area contributed by atoms with Crippen molar-refractivity contribution in [2.75, 3.05) is 18.4 Å². The van der Waals surface area contributed by atoms with Crippen molar-refractivity contribution in [1.82, 2.24) is 4.90 Å². The van der Waals surface area contributed by atoms with Crippen molar-refractivity contribution < 1.29 is 14.7 Å². The molecule has 2 rings (SSSR count). The highest BCUT2D eigenvalue weighted by atomic mass is 35.5. The normalized spacial score (nSPS) is 18.1. The molecule has 0 spiro atoms. The predicted octanol–water partition coefficient (Wildman–Crippen LogP) is 3.06. The minimum absolute atomic E-state index is 0.157. The van der Waals surface area contributed by atoms with Gasteiger partial charge in [-0.3, -0.25) is 4.79 Å². The third-order valence-corrected chi connectivity index (χ3v) is 3.78. The van der Waals surface area contributed by atoms with Crippen molar-refractivity contribution in [2.45, 2.75) is 19.3 Å². The lowest BCUT2D eigenvalue weighted by atomic mass is 10.0. The summed E-state index contributed by atoms with van der Waals surface area (Å²) in [7, 11) is 0. The Labute approximate surface area is 122 Å². The molecule has 0 bridgehead atoms. The summed E-state index contributed by atoms with van der Waals surface area (Å²) in [6, 6.07) is 6.89. The number of benzene rings is 1. The van der Waals surface area contributed by atoms with Crippen LogP contribution in [0.4, 0.5) is 10.5 Å². The summed E-state index contributed by atoms with van der Waals surface area (Å²) >= 11 is 5.99. The number of carbonyl (C=O) groups is 2. The highest BCUT2D eigenvalue weighted by Gasteiger charge is 2.26. The van der Waals surface area contributed by atoms with E-state index in [4.69, 9.17) is 16.7 Å². The van der Waals surface area contributed by atoms with Crippen molar-refractivity contribution in [3.05, 3.63) is 29.3 Å². The van der Waals surface area contributed by atoms with Crippen LogP contribution in [0.3, 0.4) is 0 Å². The van der Waals surface area contributed by atoms with Crippen molar-refractivity contribution in [1.29, 1.82) is 0 Å². The largest absolute Gasteiger partial charge is 0.481 e. The molecule has 0 aliphatic carbocycles. The number of hydrogen-bond donors (Lipinski definition) is 2. The molecule has 1 heterocycles. The molecule has 1 aliphatic rings. The molecule has 0 radical (unpaired) electrons. The molecule has 1 unspecified atom stereocenters. The van der Waals surface area contributed by atoms with Crippen molar-refractivity contribution in [3.8, 4) is 0 Å². The van der Waals surface area contributed by atoms with Crippen LogP contribution in [0.2, 0.25) is 5.02 Å². The molecule has 0 aromatic heterocycles. The minimum atomic E-state index is -0.788. The Balaban J connectivity index is 1.85. The van der Waals surface area contributed by atoms with E-state index in [0.717, 1.165) is 6.42 Å². The Morgan fingerprint density at radius 2 is 2.15 bits per heavy atom. The molecule has 1 aliphatic heterocycles. The predicted molar refractivity (Wildman–Crippen MR) is 77.0 cm³/mol. The molecule has 6 heteroatoms. The standard InChI is InChI=1S/C14H17ClN2O3/c15-11-3-1-2-4-12(11)16-14(20)17-8-7-10(9-17)5-6-13(18)19/h1-4,10H,5-9H2,(H,16,20)(H,18,19). The van der Waals surface area contributed by atoms with Crippen LogP contribution in [0.1, 0.15) is 19.3 Å². The number of para-hydroxylation sites is 1. The van der Waals surface area contributed by atoms with E-state index in [0.29, 0.717) is 30.2 Å². The van der Waals surface area contributed by atoms with Gasteiger partial charge in [0.15, 0.2) is 0 Å². The van der Waals surface area contributed by atoms with E-state index in [1.54, 1.807) is 29.2 Å². The second-order valence-corrected chi connectivity index (χ2v) is 5.35. The Hall–Kier alpha value is -1.75. The molecule has 2 N–H and O–H groups in total. The van der Waals surface area contributed by atoms with Gasteiger partial charge in [0.2, 0.25) is 0 Å². The average Bonchev–Trinajstić information content (AvgIpc) is 2.88. The van der Waals surface area contributed by atoms with E-state index in [9.17, 15) is 9.59 Å². The smallest absolute Gasteiger partial charge is 0.321 e. The first-order valence-corrected chi connectivity index (χ1v) is 6.96. The van der Waals surface area contributed by atoms with Gasteiger partial charge in [-0.1, -0.05) is 23.7 Å². The molecule has 1 saturated heterocycles. The topological polar surface area (TPSA) is 69.6 Å². The molecule has 1 fully saturated rings. The Morgan fingerprint density at radius 3 is 2.85 bits per heavy atom. The Bertz CT molecular complexity index is 507. The number of carboxylic acids is 1. The van der Waals surface area contributed by atoms with Gasteiger partial charge in [0.1, 0.15) is 0 Å². The fourth-order valence-electron chi connectivity index (χ4n) is 2.34. The third-order valence-electron chi connectivity index (χ3n) is 3.45. The van der Waals surface area contributed by atoms with Gasteiger partial charge in [0.05, 0.1) is 10.7 Å². The number of aliphatic carboxylic acids is 1. The maximum absolute atomic E-state index is 12.1.